The van der Waals surface area contributed by atoms with Gasteiger partial charge in [0.25, 0.3) is 0 Å². The highest BCUT2D eigenvalue weighted by atomic mass is 16.5. The minimum Gasteiger partial charge on any atom is -0.496 e. The second-order valence-corrected chi connectivity index (χ2v) is 4.67. The van der Waals surface area contributed by atoms with Gasteiger partial charge in [-0.1, -0.05) is 6.07 Å². The minimum absolute atomic E-state index is 0.0591. The fourth-order valence-corrected chi connectivity index (χ4v) is 2.07. The Morgan fingerprint density at radius 3 is 2.53 bits per heavy atom. The summed E-state index contributed by atoms with van der Waals surface area (Å²) in [5.74, 6) is 0.586. The van der Waals surface area contributed by atoms with Crippen LogP contribution in [0.15, 0.2) is 30.6 Å². The van der Waals surface area contributed by atoms with Gasteiger partial charge < -0.3 is 4.74 Å². The van der Waals surface area contributed by atoms with Crippen LogP contribution in [-0.2, 0) is 0 Å². The summed E-state index contributed by atoms with van der Waals surface area (Å²) < 4.78 is 5.39. The maximum atomic E-state index is 12.5. The van der Waals surface area contributed by atoms with E-state index in [0.29, 0.717) is 16.9 Å². The number of hydrogen-bond donors (Lipinski definition) is 0. The van der Waals surface area contributed by atoms with E-state index in [1.54, 1.807) is 19.5 Å². The molecule has 1 aromatic heterocycles. The molecule has 2 aromatic rings. The second-order valence-electron chi connectivity index (χ2n) is 4.67. The Bertz CT molecular complexity index is 633. The zero-order valence-corrected chi connectivity index (χ0v) is 11.7. The lowest BCUT2D eigenvalue weighted by Crippen LogP contribution is -2.06. The lowest BCUT2D eigenvalue weighted by molar-refractivity contribution is 0.103. The van der Waals surface area contributed by atoms with Crippen molar-refractivity contribution in [2.75, 3.05) is 7.11 Å². The summed E-state index contributed by atoms with van der Waals surface area (Å²) in [6, 6.07) is 5.59. The first-order valence-corrected chi connectivity index (χ1v) is 6.15. The Morgan fingerprint density at radius 2 is 1.89 bits per heavy atom. The fraction of sp³-hybridized carbons (Fsp3) is 0.250. The van der Waals surface area contributed by atoms with Crippen molar-refractivity contribution in [2.24, 2.45) is 0 Å². The SMILES string of the molecule is COc1c(C(=O)c2cncc(C)c2)ccc(C)c1C. The predicted octanol–water partition coefficient (Wildman–Crippen LogP) is 3.25. The molecule has 0 aliphatic heterocycles. The monoisotopic (exact) mass is 255 g/mol. The molecular formula is C16H17NO2. The number of benzene rings is 1. The van der Waals surface area contributed by atoms with Gasteiger partial charge in [-0.05, 0) is 49.6 Å². The number of aromatic nitrogens is 1. The summed E-state index contributed by atoms with van der Waals surface area (Å²) in [6.45, 7) is 5.88. The highest BCUT2D eigenvalue weighted by Gasteiger charge is 2.17. The molecule has 0 aliphatic carbocycles. The number of ether oxygens (including phenoxy) is 1. The molecule has 2 rings (SSSR count). The van der Waals surface area contributed by atoms with E-state index in [9.17, 15) is 4.79 Å². The lowest BCUT2D eigenvalue weighted by atomic mass is 9.98. The van der Waals surface area contributed by atoms with Crippen LogP contribution in [0.1, 0.15) is 32.6 Å². The van der Waals surface area contributed by atoms with Crippen LogP contribution < -0.4 is 4.74 Å². The van der Waals surface area contributed by atoms with E-state index in [2.05, 4.69) is 4.98 Å². The number of carbonyl (C=O) groups is 1. The van der Waals surface area contributed by atoms with Gasteiger partial charge in [-0.15, -0.1) is 0 Å². The number of carbonyl (C=O) groups excluding carboxylic acids is 1. The van der Waals surface area contributed by atoms with Gasteiger partial charge in [-0.3, -0.25) is 9.78 Å². The number of aryl methyl sites for hydroxylation is 2. The number of methoxy groups -OCH3 is 1. The first kappa shape index (κ1) is 13.3. The largest absolute Gasteiger partial charge is 0.496 e. The van der Waals surface area contributed by atoms with Gasteiger partial charge in [0, 0.05) is 18.0 Å². The van der Waals surface area contributed by atoms with Gasteiger partial charge >= 0.3 is 0 Å². The number of pyridine rings is 1. The quantitative estimate of drug-likeness (QED) is 0.790. The Balaban J connectivity index is 2.53. The molecule has 0 unspecified atom stereocenters. The zero-order valence-electron chi connectivity index (χ0n) is 11.7. The molecule has 1 aromatic carbocycles. The average Bonchev–Trinajstić information content (AvgIpc) is 2.41. The van der Waals surface area contributed by atoms with E-state index >= 15 is 0 Å². The van der Waals surface area contributed by atoms with E-state index in [1.165, 1.54) is 0 Å². The van der Waals surface area contributed by atoms with Gasteiger partial charge in [0.15, 0.2) is 5.78 Å². The van der Waals surface area contributed by atoms with Gasteiger partial charge in [0.1, 0.15) is 5.75 Å². The molecule has 0 saturated carbocycles. The Kier molecular flexibility index (Phi) is 3.65. The van der Waals surface area contributed by atoms with Crippen LogP contribution in [0.4, 0.5) is 0 Å². The van der Waals surface area contributed by atoms with Crippen molar-refractivity contribution in [1.82, 2.24) is 4.98 Å². The Labute approximate surface area is 113 Å². The second kappa shape index (κ2) is 5.22. The van der Waals surface area contributed by atoms with Gasteiger partial charge in [-0.25, -0.2) is 0 Å². The lowest BCUT2D eigenvalue weighted by Gasteiger charge is -2.12. The van der Waals surface area contributed by atoms with E-state index in [4.69, 9.17) is 4.74 Å². The molecule has 3 heteroatoms. The molecule has 0 N–H and O–H groups in total. The van der Waals surface area contributed by atoms with Crippen molar-refractivity contribution in [2.45, 2.75) is 20.8 Å². The van der Waals surface area contributed by atoms with Gasteiger partial charge in [0.05, 0.1) is 12.7 Å². The molecule has 1 heterocycles. The minimum atomic E-state index is -0.0591. The van der Waals surface area contributed by atoms with E-state index in [0.717, 1.165) is 16.7 Å². The highest BCUT2D eigenvalue weighted by Crippen LogP contribution is 2.28. The fourth-order valence-electron chi connectivity index (χ4n) is 2.07. The molecule has 98 valence electrons. The summed E-state index contributed by atoms with van der Waals surface area (Å²) in [6.07, 6.45) is 3.32. The summed E-state index contributed by atoms with van der Waals surface area (Å²) in [5, 5.41) is 0. The smallest absolute Gasteiger partial charge is 0.198 e. The maximum absolute atomic E-state index is 12.5. The standard InChI is InChI=1S/C16H17NO2/c1-10-7-13(9-17-8-10)15(18)14-6-5-11(2)12(3)16(14)19-4/h5-9H,1-4H3. The van der Waals surface area contributed by atoms with Crippen LogP contribution in [0.2, 0.25) is 0 Å². The number of nitrogens with zero attached hydrogens (tertiary/aromatic N) is 1. The first-order chi connectivity index (χ1) is 9.04. The molecule has 19 heavy (non-hydrogen) atoms. The predicted molar refractivity (Wildman–Crippen MR) is 74.9 cm³/mol. The van der Waals surface area contributed by atoms with Crippen molar-refractivity contribution < 1.29 is 9.53 Å². The van der Waals surface area contributed by atoms with E-state index in [1.807, 2.05) is 39.0 Å². The molecule has 0 amide bonds. The normalized spacial score (nSPS) is 10.3. The van der Waals surface area contributed by atoms with Crippen molar-refractivity contribution in [3.8, 4) is 5.75 Å². The molecule has 0 aliphatic rings. The maximum Gasteiger partial charge on any atom is 0.198 e. The third-order valence-electron chi connectivity index (χ3n) is 3.26. The first-order valence-electron chi connectivity index (χ1n) is 6.15. The van der Waals surface area contributed by atoms with Crippen molar-refractivity contribution in [3.05, 3.63) is 58.4 Å². The summed E-state index contributed by atoms with van der Waals surface area (Å²) in [5.41, 5.74) is 4.23. The number of hydrogen-bond acceptors (Lipinski definition) is 3. The number of ketones is 1. The van der Waals surface area contributed by atoms with Crippen LogP contribution >= 0.6 is 0 Å². The number of rotatable bonds is 3. The van der Waals surface area contributed by atoms with Crippen molar-refractivity contribution in [1.29, 1.82) is 0 Å². The van der Waals surface area contributed by atoms with Crippen LogP contribution in [0.5, 0.6) is 5.75 Å². The van der Waals surface area contributed by atoms with Crippen molar-refractivity contribution in [3.63, 3.8) is 0 Å². The van der Waals surface area contributed by atoms with Crippen LogP contribution in [0, 0.1) is 20.8 Å². The van der Waals surface area contributed by atoms with E-state index < -0.39 is 0 Å². The summed E-state index contributed by atoms with van der Waals surface area (Å²) in [7, 11) is 1.59. The molecule has 0 radical (unpaired) electrons. The Morgan fingerprint density at radius 1 is 1.16 bits per heavy atom. The summed E-state index contributed by atoms with van der Waals surface area (Å²) >= 11 is 0. The average molecular weight is 255 g/mol. The molecule has 0 bridgehead atoms. The third-order valence-corrected chi connectivity index (χ3v) is 3.26. The van der Waals surface area contributed by atoms with Crippen LogP contribution in [0.25, 0.3) is 0 Å². The molecular weight excluding hydrogens is 238 g/mol. The topological polar surface area (TPSA) is 39.2 Å². The third kappa shape index (κ3) is 2.50. The molecule has 0 spiro atoms. The molecule has 0 saturated heterocycles. The summed E-state index contributed by atoms with van der Waals surface area (Å²) in [4.78, 5) is 16.6. The van der Waals surface area contributed by atoms with Gasteiger partial charge in [0.2, 0.25) is 0 Å². The zero-order chi connectivity index (χ0) is 14.0. The Hall–Kier alpha value is -2.16. The highest BCUT2D eigenvalue weighted by molar-refractivity contribution is 6.10. The van der Waals surface area contributed by atoms with E-state index in [-0.39, 0.29) is 5.78 Å². The van der Waals surface area contributed by atoms with Crippen LogP contribution in [0.3, 0.4) is 0 Å². The van der Waals surface area contributed by atoms with Crippen LogP contribution in [-0.4, -0.2) is 17.9 Å². The molecule has 3 nitrogen and oxygen atoms in total. The molecule has 0 fully saturated rings. The van der Waals surface area contributed by atoms with Gasteiger partial charge in [-0.2, -0.15) is 0 Å². The van der Waals surface area contributed by atoms with Crippen molar-refractivity contribution >= 4 is 5.78 Å². The molecule has 0 atom stereocenters.